The number of halogens is 1. The van der Waals surface area contributed by atoms with E-state index in [9.17, 15) is 4.79 Å². The summed E-state index contributed by atoms with van der Waals surface area (Å²) in [7, 11) is 0. The van der Waals surface area contributed by atoms with Gasteiger partial charge in [0.15, 0.2) is 0 Å². The predicted molar refractivity (Wildman–Crippen MR) is 91.4 cm³/mol. The van der Waals surface area contributed by atoms with Gasteiger partial charge in [0.05, 0.1) is 23.9 Å². The number of pyridine rings is 1. The van der Waals surface area contributed by atoms with E-state index in [2.05, 4.69) is 10.3 Å². The van der Waals surface area contributed by atoms with Gasteiger partial charge in [-0.15, -0.1) is 0 Å². The average Bonchev–Trinajstić information content (AvgIpc) is 2.62. The number of carbonyl (C=O) groups excluding carboxylic acids is 1. The zero-order valence-electron chi connectivity index (χ0n) is 13.1. The summed E-state index contributed by atoms with van der Waals surface area (Å²) in [5.74, 6) is 0.548. The molecule has 1 saturated heterocycles. The van der Waals surface area contributed by atoms with Crippen molar-refractivity contribution in [3.05, 3.63) is 53.3 Å². The van der Waals surface area contributed by atoms with E-state index in [1.807, 2.05) is 18.2 Å². The van der Waals surface area contributed by atoms with Gasteiger partial charge in [0.25, 0.3) is 0 Å². The molecule has 6 nitrogen and oxygen atoms in total. The third-order valence-electron chi connectivity index (χ3n) is 3.58. The minimum atomic E-state index is -0.156. The van der Waals surface area contributed by atoms with Crippen LogP contribution in [0.15, 0.2) is 42.6 Å². The first-order valence-corrected chi connectivity index (χ1v) is 8.06. The minimum absolute atomic E-state index is 0.156. The van der Waals surface area contributed by atoms with Gasteiger partial charge < -0.3 is 19.7 Å². The third-order valence-corrected chi connectivity index (χ3v) is 3.88. The number of benzene rings is 1. The number of hydrogen-bond donors (Lipinski definition) is 1. The van der Waals surface area contributed by atoms with Crippen molar-refractivity contribution >= 4 is 23.3 Å². The predicted octanol–water partition coefficient (Wildman–Crippen LogP) is 3.18. The average molecular weight is 348 g/mol. The van der Waals surface area contributed by atoms with Gasteiger partial charge in [-0.25, -0.2) is 4.79 Å². The molecular weight excluding hydrogens is 330 g/mol. The number of amides is 2. The van der Waals surface area contributed by atoms with E-state index in [1.165, 1.54) is 0 Å². The second-order valence-electron chi connectivity index (χ2n) is 5.28. The lowest BCUT2D eigenvalue weighted by atomic mass is 10.3. The molecule has 0 atom stereocenters. The van der Waals surface area contributed by atoms with Crippen molar-refractivity contribution < 1.29 is 14.3 Å². The number of hydrogen-bond acceptors (Lipinski definition) is 4. The van der Waals surface area contributed by atoms with Crippen LogP contribution in [0.4, 0.5) is 10.5 Å². The zero-order chi connectivity index (χ0) is 16.8. The Morgan fingerprint density at radius 1 is 1.29 bits per heavy atom. The highest BCUT2D eigenvalue weighted by Gasteiger charge is 2.17. The van der Waals surface area contributed by atoms with Crippen molar-refractivity contribution in [2.24, 2.45) is 0 Å². The van der Waals surface area contributed by atoms with Crippen LogP contribution in [-0.4, -0.2) is 42.2 Å². The van der Waals surface area contributed by atoms with Crippen LogP contribution < -0.4 is 10.1 Å². The normalized spacial score (nSPS) is 14.3. The van der Waals surface area contributed by atoms with Gasteiger partial charge >= 0.3 is 6.03 Å². The molecule has 1 aliphatic heterocycles. The highest BCUT2D eigenvalue weighted by molar-refractivity contribution is 6.32. The number of morpholine rings is 1. The molecule has 0 saturated carbocycles. The Morgan fingerprint density at radius 3 is 2.83 bits per heavy atom. The first kappa shape index (κ1) is 16.5. The summed E-state index contributed by atoms with van der Waals surface area (Å²) >= 11 is 6.23. The lowest BCUT2D eigenvalue weighted by molar-refractivity contribution is 0.0564. The molecule has 2 amide bonds. The summed E-state index contributed by atoms with van der Waals surface area (Å²) in [5.41, 5.74) is 1.44. The number of rotatable bonds is 4. The molecule has 1 aromatic carbocycles. The molecule has 24 heavy (non-hydrogen) atoms. The van der Waals surface area contributed by atoms with Crippen molar-refractivity contribution in [3.8, 4) is 5.75 Å². The molecule has 1 aromatic heterocycles. The molecule has 0 unspecified atom stereocenters. The number of nitrogens with one attached hydrogen (secondary N) is 1. The Labute approximate surface area is 145 Å². The van der Waals surface area contributed by atoms with Crippen LogP contribution in [-0.2, 0) is 11.3 Å². The van der Waals surface area contributed by atoms with Gasteiger partial charge in [0, 0.05) is 25.0 Å². The van der Waals surface area contributed by atoms with Crippen LogP contribution in [0.3, 0.4) is 0 Å². The molecule has 3 rings (SSSR count). The summed E-state index contributed by atoms with van der Waals surface area (Å²) in [6.07, 6.45) is 1.71. The maximum Gasteiger partial charge on any atom is 0.322 e. The Balaban J connectivity index is 1.58. The number of aromatic nitrogens is 1. The molecule has 2 aromatic rings. The van der Waals surface area contributed by atoms with Crippen molar-refractivity contribution in [3.63, 3.8) is 0 Å². The molecule has 7 heteroatoms. The van der Waals surface area contributed by atoms with E-state index in [0.29, 0.717) is 49.4 Å². The van der Waals surface area contributed by atoms with Crippen LogP contribution in [0.2, 0.25) is 5.02 Å². The Kier molecular flexibility index (Phi) is 5.51. The van der Waals surface area contributed by atoms with E-state index in [0.717, 1.165) is 5.69 Å². The number of ether oxygens (including phenoxy) is 2. The van der Waals surface area contributed by atoms with E-state index in [-0.39, 0.29) is 6.03 Å². The molecule has 0 spiro atoms. The van der Waals surface area contributed by atoms with Gasteiger partial charge in [-0.05, 0) is 30.3 Å². The minimum Gasteiger partial charge on any atom is -0.486 e. The van der Waals surface area contributed by atoms with Crippen LogP contribution in [0.5, 0.6) is 5.75 Å². The highest BCUT2D eigenvalue weighted by Crippen LogP contribution is 2.28. The van der Waals surface area contributed by atoms with Crippen molar-refractivity contribution in [2.45, 2.75) is 6.61 Å². The SMILES string of the molecule is O=C(Nc1ccc(OCc2ccccn2)c(Cl)c1)N1CCOCC1. The molecule has 126 valence electrons. The van der Waals surface area contributed by atoms with Crippen LogP contribution in [0.1, 0.15) is 5.69 Å². The fourth-order valence-corrected chi connectivity index (χ4v) is 2.53. The quantitative estimate of drug-likeness (QED) is 0.922. The molecule has 1 N–H and O–H groups in total. The standard InChI is InChI=1S/C17H18ClN3O3/c18-15-11-13(20-17(22)21-7-9-23-10-8-21)4-5-16(15)24-12-14-3-1-2-6-19-14/h1-6,11H,7-10,12H2,(H,20,22). The molecule has 1 fully saturated rings. The monoisotopic (exact) mass is 347 g/mol. The van der Waals surface area contributed by atoms with Crippen molar-refractivity contribution in [2.75, 3.05) is 31.6 Å². The Morgan fingerprint density at radius 2 is 2.12 bits per heavy atom. The molecular formula is C17H18ClN3O3. The number of anilines is 1. The Bertz CT molecular complexity index is 691. The second kappa shape index (κ2) is 7.99. The zero-order valence-corrected chi connectivity index (χ0v) is 13.8. The summed E-state index contributed by atoms with van der Waals surface area (Å²) in [4.78, 5) is 18.1. The molecule has 0 radical (unpaired) electrons. The second-order valence-corrected chi connectivity index (χ2v) is 5.69. The van der Waals surface area contributed by atoms with Gasteiger partial charge in [-0.1, -0.05) is 17.7 Å². The van der Waals surface area contributed by atoms with Gasteiger partial charge in [0.1, 0.15) is 12.4 Å². The van der Waals surface area contributed by atoms with Crippen molar-refractivity contribution in [1.82, 2.24) is 9.88 Å². The number of carbonyl (C=O) groups is 1. The highest BCUT2D eigenvalue weighted by atomic mass is 35.5. The van der Waals surface area contributed by atoms with E-state index in [4.69, 9.17) is 21.1 Å². The first-order valence-electron chi connectivity index (χ1n) is 7.68. The maximum atomic E-state index is 12.2. The van der Waals surface area contributed by atoms with E-state index in [1.54, 1.807) is 29.3 Å². The smallest absolute Gasteiger partial charge is 0.322 e. The van der Waals surface area contributed by atoms with Crippen LogP contribution in [0.25, 0.3) is 0 Å². The van der Waals surface area contributed by atoms with Gasteiger partial charge in [0.2, 0.25) is 0 Å². The first-order chi connectivity index (χ1) is 11.7. The summed E-state index contributed by atoms with van der Waals surface area (Å²) < 4.78 is 10.9. The maximum absolute atomic E-state index is 12.2. The van der Waals surface area contributed by atoms with Gasteiger partial charge in [-0.2, -0.15) is 0 Å². The largest absolute Gasteiger partial charge is 0.486 e. The Hall–Kier alpha value is -2.31. The fourth-order valence-electron chi connectivity index (χ4n) is 2.30. The summed E-state index contributed by atoms with van der Waals surface area (Å²) in [6.45, 7) is 2.64. The lowest BCUT2D eigenvalue weighted by Gasteiger charge is -2.27. The molecule has 2 heterocycles. The van der Waals surface area contributed by atoms with Crippen LogP contribution in [0, 0.1) is 0 Å². The number of nitrogens with zero attached hydrogens (tertiary/aromatic N) is 2. The molecule has 0 bridgehead atoms. The third kappa shape index (κ3) is 4.37. The lowest BCUT2D eigenvalue weighted by Crippen LogP contribution is -2.43. The fraction of sp³-hybridized carbons (Fsp3) is 0.294. The molecule has 1 aliphatic rings. The summed E-state index contributed by atoms with van der Waals surface area (Å²) in [5, 5.41) is 3.27. The van der Waals surface area contributed by atoms with E-state index < -0.39 is 0 Å². The topological polar surface area (TPSA) is 63.7 Å². The number of urea groups is 1. The van der Waals surface area contributed by atoms with Crippen LogP contribution >= 0.6 is 11.6 Å². The van der Waals surface area contributed by atoms with E-state index >= 15 is 0 Å². The summed E-state index contributed by atoms with van der Waals surface area (Å²) in [6, 6.07) is 10.6. The molecule has 0 aliphatic carbocycles. The van der Waals surface area contributed by atoms with Crippen molar-refractivity contribution in [1.29, 1.82) is 0 Å². The van der Waals surface area contributed by atoms with Gasteiger partial charge in [-0.3, -0.25) is 4.98 Å².